The largest absolute Gasteiger partial charge is 0.327 e. The fraction of sp³-hybridized carbons (Fsp3) is 0.500. The average molecular weight is 306 g/mol. The molecule has 2 rings (SSSR count). The molecule has 1 aromatic carbocycles. The van der Waals surface area contributed by atoms with Gasteiger partial charge in [-0.2, -0.15) is 0 Å². The van der Waals surface area contributed by atoms with Crippen molar-refractivity contribution in [2.45, 2.75) is 25.4 Å². The third-order valence-electron chi connectivity index (χ3n) is 3.16. The molecule has 2 N–H and O–H groups in total. The number of nitrogens with zero attached hydrogens (tertiary/aromatic N) is 2. The second-order valence-electron chi connectivity index (χ2n) is 4.68. The van der Waals surface area contributed by atoms with Crippen LogP contribution in [0.25, 0.3) is 0 Å². The molecule has 0 aliphatic carbocycles. The molecular formula is C12H17Cl2N3O2. The predicted molar refractivity (Wildman–Crippen MR) is 77.8 cm³/mol. The van der Waals surface area contributed by atoms with Crippen molar-refractivity contribution < 1.29 is 4.92 Å². The number of rotatable bonds is 3. The van der Waals surface area contributed by atoms with Gasteiger partial charge in [-0.25, -0.2) is 0 Å². The molecule has 0 bridgehead atoms. The number of nitrogens with two attached hydrogens (primary N) is 1. The summed E-state index contributed by atoms with van der Waals surface area (Å²) in [5.41, 5.74) is 6.86. The first-order valence-corrected chi connectivity index (χ1v) is 6.35. The molecule has 0 unspecified atom stereocenters. The smallest absolute Gasteiger partial charge is 0.287 e. The summed E-state index contributed by atoms with van der Waals surface area (Å²) >= 11 is 5.89. The normalized spacial score (nSPS) is 19.8. The Bertz CT molecular complexity index is 457. The first-order chi connectivity index (χ1) is 8.56. The van der Waals surface area contributed by atoms with E-state index in [0.717, 1.165) is 38.0 Å². The van der Waals surface area contributed by atoms with E-state index in [1.54, 1.807) is 12.1 Å². The fourth-order valence-electron chi connectivity index (χ4n) is 2.29. The monoisotopic (exact) mass is 305 g/mol. The minimum Gasteiger partial charge on any atom is -0.327 e. The van der Waals surface area contributed by atoms with E-state index in [4.69, 9.17) is 17.3 Å². The summed E-state index contributed by atoms with van der Waals surface area (Å²) in [7, 11) is 0. The Morgan fingerprint density at radius 1 is 1.53 bits per heavy atom. The van der Waals surface area contributed by atoms with Gasteiger partial charge in [-0.3, -0.25) is 15.0 Å². The number of halogens is 2. The lowest BCUT2D eigenvalue weighted by Crippen LogP contribution is -2.42. The van der Waals surface area contributed by atoms with Crippen molar-refractivity contribution in [3.8, 4) is 0 Å². The number of nitro benzene ring substituents is 1. The van der Waals surface area contributed by atoms with Gasteiger partial charge in [-0.15, -0.1) is 12.4 Å². The Morgan fingerprint density at radius 3 is 2.84 bits per heavy atom. The summed E-state index contributed by atoms with van der Waals surface area (Å²) in [6.45, 7) is 2.63. The lowest BCUT2D eigenvalue weighted by atomic mass is 10.1. The van der Waals surface area contributed by atoms with Crippen LogP contribution in [0.4, 0.5) is 5.69 Å². The summed E-state index contributed by atoms with van der Waals surface area (Å²) in [5.74, 6) is 0. The summed E-state index contributed by atoms with van der Waals surface area (Å²) in [5, 5.41) is 10.9. The standard InChI is InChI=1S/C12H16ClN3O2.ClH/c13-11-6-9(3-4-12(11)16(17)18)7-15-5-1-2-10(14)8-15;/h3-4,6,10H,1-2,5,7-8,14H2;1H/t10-;/m1./s1. The molecule has 1 atom stereocenters. The van der Waals surface area contributed by atoms with Crippen LogP contribution in [0.3, 0.4) is 0 Å². The molecule has 0 spiro atoms. The van der Waals surface area contributed by atoms with Gasteiger partial charge in [0.25, 0.3) is 5.69 Å². The SMILES string of the molecule is Cl.N[C@@H]1CCCN(Cc2ccc([N+](=O)[O-])c(Cl)c2)C1. The summed E-state index contributed by atoms with van der Waals surface area (Å²) in [4.78, 5) is 12.4. The lowest BCUT2D eigenvalue weighted by molar-refractivity contribution is -0.384. The molecule has 19 heavy (non-hydrogen) atoms. The van der Waals surface area contributed by atoms with Crippen LogP contribution in [0.1, 0.15) is 18.4 Å². The van der Waals surface area contributed by atoms with E-state index < -0.39 is 4.92 Å². The maximum atomic E-state index is 10.7. The predicted octanol–water partition coefficient (Wildman–Crippen LogP) is 2.59. The molecule has 1 saturated heterocycles. The quantitative estimate of drug-likeness (QED) is 0.688. The third kappa shape index (κ3) is 4.31. The van der Waals surface area contributed by atoms with Crippen LogP contribution in [0.5, 0.6) is 0 Å². The molecule has 7 heteroatoms. The minimum absolute atomic E-state index is 0. The van der Waals surface area contributed by atoms with Gasteiger partial charge in [0.2, 0.25) is 0 Å². The Kier molecular flexibility index (Phi) is 6.00. The molecule has 0 saturated carbocycles. The highest BCUT2D eigenvalue weighted by Crippen LogP contribution is 2.25. The van der Waals surface area contributed by atoms with Crippen LogP contribution < -0.4 is 5.73 Å². The molecule has 0 aromatic heterocycles. The number of hydrogen-bond donors (Lipinski definition) is 1. The third-order valence-corrected chi connectivity index (χ3v) is 3.46. The second kappa shape index (κ2) is 7.05. The van der Waals surface area contributed by atoms with Crippen LogP contribution in [0.2, 0.25) is 5.02 Å². The highest BCUT2D eigenvalue weighted by molar-refractivity contribution is 6.32. The van der Waals surface area contributed by atoms with Gasteiger partial charge in [0.15, 0.2) is 0 Å². The van der Waals surface area contributed by atoms with E-state index in [0.29, 0.717) is 0 Å². The van der Waals surface area contributed by atoms with Crippen molar-refractivity contribution in [1.29, 1.82) is 0 Å². The maximum absolute atomic E-state index is 10.7. The molecule has 0 amide bonds. The second-order valence-corrected chi connectivity index (χ2v) is 5.09. The van der Waals surface area contributed by atoms with E-state index in [2.05, 4.69) is 4.90 Å². The van der Waals surface area contributed by atoms with Crippen molar-refractivity contribution in [2.24, 2.45) is 5.73 Å². The van der Waals surface area contributed by atoms with Crippen LogP contribution in [0.15, 0.2) is 18.2 Å². The van der Waals surface area contributed by atoms with E-state index >= 15 is 0 Å². The van der Waals surface area contributed by atoms with Gasteiger partial charge < -0.3 is 5.73 Å². The Morgan fingerprint density at radius 2 is 2.26 bits per heavy atom. The highest BCUT2D eigenvalue weighted by atomic mass is 35.5. The van der Waals surface area contributed by atoms with Crippen LogP contribution in [-0.4, -0.2) is 29.0 Å². The number of hydrogen-bond acceptors (Lipinski definition) is 4. The number of nitro groups is 1. The maximum Gasteiger partial charge on any atom is 0.287 e. The van der Waals surface area contributed by atoms with E-state index in [9.17, 15) is 10.1 Å². The minimum atomic E-state index is -0.469. The average Bonchev–Trinajstić information content (AvgIpc) is 2.28. The zero-order chi connectivity index (χ0) is 13.1. The lowest BCUT2D eigenvalue weighted by Gasteiger charge is -2.30. The highest BCUT2D eigenvalue weighted by Gasteiger charge is 2.18. The molecule has 1 aliphatic rings. The summed E-state index contributed by atoms with van der Waals surface area (Å²) in [6, 6.07) is 5.11. The van der Waals surface area contributed by atoms with E-state index in [-0.39, 0.29) is 29.2 Å². The number of benzene rings is 1. The number of piperidine rings is 1. The fourth-order valence-corrected chi connectivity index (χ4v) is 2.56. The van der Waals surface area contributed by atoms with E-state index in [1.165, 1.54) is 6.07 Å². The van der Waals surface area contributed by atoms with Gasteiger partial charge >= 0.3 is 0 Å². The van der Waals surface area contributed by atoms with Crippen molar-refractivity contribution >= 4 is 29.7 Å². The Labute approximate surface area is 123 Å². The molecule has 0 radical (unpaired) electrons. The molecular weight excluding hydrogens is 289 g/mol. The Balaban J connectivity index is 0.00000180. The number of likely N-dealkylation sites (tertiary alicyclic amines) is 1. The molecule has 5 nitrogen and oxygen atoms in total. The van der Waals surface area contributed by atoms with Crippen molar-refractivity contribution in [3.05, 3.63) is 38.9 Å². The van der Waals surface area contributed by atoms with Crippen LogP contribution in [-0.2, 0) is 6.54 Å². The van der Waals surface area contributed by atoms with Crippen molar-refractivity contribution in [1.82, 2.24) is 4.90 Å². The van der Waals surface area contributed by atoms with Gasteiger partial charge in [0.1, 0.15) is 5.02 Å². The molecule has 106 valence electrons. The van der Waals surface area contributed by atoms with Gasteiger partial charge in [-0.1, -0.05) is 17.7 Å². The molecule has 1 fully saturated rings. The van der Waals surface area contributed by atoms with Crippen molar-refractivity contribution in [2.75, 3.05) is 13.1 Å². The first kappa shape index (κ1) is 16.2. The van der Waals surface area contributed by atoms with E-state index in [1.807, 2.05) is 0 Å². The van der Waals surface area contributed by atoms with Gasteiger partial charge in [0.05, 0.1) is 4.92 Å². The summed E-state index contributed by atoms with van der Waals surface area (Å²) in [6.07, 6.45) is 2.17. The zero-order valence-corrected chi connectivity index (χ0v) is 12.0. The molecule has 1 heterocycles. The molecule has 1 aliphatic heterocycles. The Hall–Kier alpha value is -0.880. The molecule has 1 aromatic rings. The van der Waals surface area contributed by atoms with Crippen LogP contribution in [0, 0.1) is 10.1 Å². The first-order valence-electron chi connectivity index (χ1n) is 5.97. The van der Waals surface area contributed by atoms with Crippen molar-refractivity contribution in [3.63, 3.8) is 0 Å². The topological polar surface area (TPSA) is 72.4 Å². The van der Waals surface area contributed by atoms with Crippen LogP contribution >= 0.6 is 24.0 Å². The summed E-state index contributed by atoms with van der Waals surface area (Å²) < 4.78 is 0. The van der Waals surface area contributed by atoms with Gasteiger partial charge in [0, 0.05) is 25.2 Å². The zero-order valence-electron chi connectivity index (χ0n) is 10.4. The van der Waals surface area contributed by atoms with Gasteiger partial charge in [-0.05, 0) is 31.0 Å².